The number of carbonyl (C=O) groups is 1. The van der Waals surface area contributed by atoms with Crippen LogP contribution in [0, 0.1) is 26.7 Å². The minimum absolute atomic E-state index is 0.0734. The second kappa shape index (κ2) is 7.73. The number of fused-ring (bicyclic) bond motifs is 3. The highest BCUT2D eigenvalue weighted by atomic mass is 16.1. The number of hydrogen-bond donors (Lipinski definition) is 2. The Kier molecular flexibility index (Phi) is 4.90. The smallest absolute Gasteiger partial charge is 0.257 e. The van der Waals surface area contributed by atoms with E-state index >= 15 is 0 Å². The van der Waals surface area contributed by atoms with Crippen molar-refractivity contribution >= 4 is 17.3 Å². The predicted octanol–water partition coefficient (Wildman–Crippen LogP) is 6.69. The maximum Gasteiger partial charge on any atom is 0.257 e. The highest BCUT2D eigenvalue weighted by Gasteiger charge is 2.39. The number of carbonyl (C=O) groups excluding carboxylic acids is 1. The quantitative estimate of drug-likeness (QED) is 0.474. The van der Waals surface area contributed by atoms with Crippen LogP contribution in [0.25, 0.3) is 0 Å². The molecule has 1 aliphatic heterocycles. The van der Waals surface area contributed by atoms with Crippen LogP contribution in [0.2, 0.25) is 0 Å². The van der Waals surface area contributed by atoms with Crippen molar-refractivity contribution in [2.75, 3.05) is 10.6 Å². The molecule has 3 heteroatoms. The van der Waals surface area contributed by atoms with Crippen LogP contribution in [-0.4, -0.2) is 5.91 Å². The second-order valence-corrected chi connectivity index (χ2v) is 8.91. The number of allylic oxidation sites excluding steroid dienone is 2. The Morgan fingerprint density at radius 1 is 0.968 bits per heavy atom. The molecule has 1 heterocycles. The van der Waals surface area contributed by atoms with Crippen LogP contribution in [0.5, 0.6) is 0 Å². The largest absolute Gasteiger partial charge is 0.377 e. The molecular formula is C28H28N2O. The van der Waals surface area contributed by atoms with Gasteiger partial charge in [-0.1, -0.05) is 60.2 Å². The topological polar surface area (TPSA) is 41.1 Å². The molecule has 0 spiro atoms. The summed E-state index contributed by atoms with van der Waals surface area (Å²) in [5.41, 5.74) is 8.63. The zero-order valence-electron chi connectivity index (χ0n) is 18.3. The molecule has 3 unspecified atom stereocenters. The normalized spacial score (nSPS) is 21.2. The summed E-state index contributed by atoms with van der Waals surface area (Å²) < 4.78 is 0. The molecule has 5 rings (SSSR count). The van der Waals surface area contributed by atoms with Crippen molar-refractivity contribution in [3.05, 3.63) is 106 Å². The van der Waals surface area contributed by atoms with E-state index in [2.05, 4.69) is 73.9 Å². The standard InChI is InChI=1S/C28H28N2O/c1-17-10-13-20(14-11-17)26-23-7-4-6-22(23)24-8-5-9-25(27(24)30-26)28(31)29-21-15-12-18(2)19(3)16-21/h4-6,8-16,22-23,26,30H,7H2,1-3H3,(H,29,31). The zero-order chi connectivity index (χ0) is 21.5. The molecular weight excluding hydrogens is 380 g/mol. The molecule has 3 atom stereocenters. The number of rotatable bonds is 3. The van der Waals surface area contributed by atoms with Gasteiger partial charge in [0, 0.05) is 11.6 Å². The van der Waals surface area contributed by atoms with E-state index in [0.29, 0.717) is 17.4 Å². The van der Waals surface area contributed by atoms with E-state index in [1.807, 2.05) is 30.3 Å². The fourth-order valence-electron chi connectivity index (χ4n) is 4.93. The SMILES string of the molecule is Cc1ccc(C2Nc3c(C(=O)Nc4ccc(C)c(C)c4)cccc3C3C=CCC32)cc1. The van der Waals surface area contributed by atoms with Crippen molar-refractivity contribution in [2.24, 2.45) is 5.92 Å². The van der Waals surface area contributed by atoms with Gasteiger partial charge in [-0.3, -0.25) is 4.79 Å². The first kappa shape index (κ1) is 19.6. The summed E-state index contributed by atoms with van der Waals surface area (Å²) in [6.45, 7) is 6.26. The molecule has 156 valence electrons. The summed E-state index contributed by atoms with van der Waals surface area (Å²) in [5, 5.41) is 6.86. The molecule has 31 heavy (non-hydrogen) atoms. The number of anilines is 2. The van der Waals surface area contributed by atoms with E-state index in [1.165, 1.54) is 27.8 Å². The lowest BCUT2D eigenvalue weighted by Crippen LogP contribution is -2.30. The van der Waals surface area contributed by atoms with Gasteiger partial charge < -0.3 is 10.6 Å². The first-order chi connectivity index (χ1) is 15.0. The van der Waals surface area contributed by atoms with Crippen molar-refractivity contribution in [3.8, 4) is 0 Å². The molecule has 0 radical (unpaired) electrons. The molecule has 0 saturated heterocycles. The molecule has 0 bridgehead atoms. The summed E-state index contributed by atoms with van der Waals surface area (Å²) in [6.07, 6.45) is 5.65. The highest BCUT2D eigenvalue weighted by Crippen LogP contribution is 2.50. The third-order valence-corrected chi connectivity index (χ3v) is 6.84. The Labute approximate surface area is 184 Å². The molecule has 1 aliphatic carbocycles. The van der Waals surface area contributed by atoms with Gasteiger partial charge in [0.1, 0.15) is 0 Å². The van der Waals surface area contributed by atoms with Crippen LogP contribution in [0.3, 0.4) is 0 Å². The zero-order valence-corrected chi connectivity index (χ0v) is 18.3. The maximum absolute atomic E-state index is 13.3. The Morgan fingerprint density at radius 2 is 1.77 bits per heavy atom. The number of aryl methyl sites for hydroxylation is 3. The van der Waals surface area contributed by atoms with Gasteiger partial charge in [0.25, 0.3) is 5.91 Å². The summed E-state index contributed by atoms with van der Waals surface area (Å²) >= 11 is 0. The average Bonchev–Trinajstić information content (AvgIpc) is 3.26. The maximum atomic E-state index is 13.3. The molecule has 3 aromatic rings. The lowest BCUT2D eigenvalue weighted by molar-refractivity contribution is 0.102. The van der Waals surface area contributed by atoms with Gasteiger partial charge in [0.2, 0.25) is 0 Å². The second-order valence-electron chi connectivity index (χ2n) is 8.91. The number of para-hydroxylation sites is 1. The molecule has 3 nitrogen and oxygen atoms in total. The number of benzene rings is 3. The van der Waals surface area contributed by atoms with Crippen LogP contribution in [0.15, 0.2) is 72.8 Å². The van der Waals surface area contributed by atoms with Crippen molar-refractivity contribution in [2.45, 2.75) is 39.2 Å². The summed E-state index contributed by atoms with van der Waals surface area (Å²) in [5.74, 6) is 0.723. The molecule has 0 aromatic heterocycles. The molecule has 1 amide bonds. The molecule has 2 aliphatic rings. The van der Waals surface area contributed by atoms with Gasteiger partial charge in [-0.15, -0.1) is 0 Å². The van der Waals surface area contributed by atoms with E-state index in [0.717, 1.165) is 17.8 Å². The summed E-state index contributed by atoms with van der Waals surface area (Å²) in [4.78, 5) is 13.3. The third-order valence-electron chi connectivity index (χ3n) is 6.84. The predicted molar refractivity (Wildman–Crippen MR) is 128 cm³/mol. The van der Waals surface area contributed by atoms with E-state index < -0.39 is 0 Å². The minimum atomic E-state index is -0.0734. The van der Waals surface area contributed by atoms with E-state index in [-0.39, 0.29) is 11.9 Å². The lowest BCUT2D eigenvalue weighted by Gasteiger charge is -2.38. The highest BCUT2D eigenvalue weighted by molar-refractivity contribution is 6.08. The third kappa shape index (κ3) is 3.54. The van der Waals surface area contributed by atoms with Gasteiger partial charge in [-0.05, 0) is 73.6 Å². The lowest BCUT2D eigenvalue weighted by atomic mass is 9.76. The molecule has 0 saturated carbocycles. The fraction of sp³-hybridized carbons (Fsp3) is 0.250. The van der Waals surface area contributed by atoms with Crippen LogP contribution < -0.4 is 10.6 Å². The molecule has 0 fully saturated rings. The van der Waals surface area contributed by atoms with Gasteiger partial charge in [0.05, 0.1) is 17.3 Å². The minimum Gasteiger partial charge on any atom is -0.377 e. The number of amides is 1. The Morgan fingerprint density at radius 3 is 2.55 bits per heavy atom. The van der Waals surface area contributed by atoms with Crippen LogP contribution in [0.1, 0.15) is 56.6 Å². The summed E-state index contributed by atoms with van der Waals surface area (Å²) in [6, 6.07) is 21.1. The Bertz CT molecular complexity index is 1180. The van der Waals surface area contributed by atoms with Crippen LogP contribution >= 0.6 is 0 Å². The van der Waals surface area contributed by atoms with E-state index in [4.69, 9.17) is 0 Å². The van der Waals surface area contributed by atoms with Crippen LogP contribution in [-0.2, 0) is 0 Å². The molecule has 3 aromatic carbocycles. The van der Waals surface area contributed by atoms with E-state index in [9.17, 15) is 4.79 Å². The van der Waals surface area contributed by atoms with Crippen molar-refractivity contribution < 1.29 is 4.79 Å². The summed E-state index contributed by atoms with van der Waals surface area (Å²) in [7, 11) is 0. The van der Waals surface area contributed by atoms with Crippen molar-refractivity contribution in [3.63, 3.8) is 0 Å². The first-order valence-electron chi connectivity index (χ1n) is 11.0. The molecule has 2 N–H and O–H groups in total. The van der Waals surface area contributed by atoms with Crippen LogP contribution in [0.4, 0.5) is 11.4 Å². The van der Waals surface area contributed by atoms with Crippen molar-refractivity contribution in [1.82, 2.24) is 0 Å². The van der Waals surface area contributed by atoms with Gasteiger partial charge in [-0.2, -0.15) is 0 Å². The van der Waals surface area contributed by atoms with Gasteiger partial charge in [0.15, 0.2) is 0 Å². The average molecular weight is 409 g/mol. The number of nitrogens with one attached hydrogen (secondary N) is 2. The fourth-order valence-corrected chi connectivity index (χ4v) is 4.93. The van der Waals surface area contributed by atoms with Gasteiger partial charge >= 0.3 is 0 Å². The Balaban J connectivity index is 1.51. The van der Waals surface area contributed by atoms with Crippen molar-refractivity contribution in [1.29, 1.82) is 0 Å². The van der Waals surface area contributed by atoms with E-state index in [1.54, 1.807) is 0 Å². The monoisotopic (exact) mass is 408 g/mol. The van der Waals surface area contributed by atoms with Gasteiger partial charge in [-0.25, -0.2) is 0 Å². The first-order valence-corrected chi connectivity index (χ1v) is 11.0. The Hall–Kier alpha value is -3.33. The number of hydrogen-bond acceptors (Lipinski definition) is 2.